The molecule has 0 amide bonds. The maximum absolute atomic E-state index is 10.7. The van der Waals surface area contributed by atoms with E-state index in [2.05, 4.69) is 32.9 Å². The molecule has 0 saturated heterocycles. The van der Waals surface area contributed by atoms with Gasteiger partial charge in [-0.2, -0.15) is 0 Å². The van der Waals surface area contributed by atoms with E-state index in [0.717, 1.165) is 24.0 Å². The van der Waals surface area contributed by atoms with Crippen molar-refractivity contribution in [1.29, 1.82) is 0 Å². The molecule has 4 atom stereocenters. The van der Waals surface area contributed by atoms with Gasteiger partial charge >= 0.3 is 0 Å². The molecule has 0 unspecified atom stereocenters. The molecule has 3 rings (SSSR count). The second-order valence-corrected chi connectivity index (χ2v) is 7.24. The van der Waals surface area contributed by atoms with E-state index >= 15 is 0 Å². The molecule has 0 aliphatic heterocycles. The molecule has 108 valence electrons. The number of aliphatic hydroxyl groups is 2. The van der Waals surface area contributed by atoms with Crippen LogP contribution in [0.2, 0.25) is 0 Å². The normalized spacial score (nSPS) is 39.2. The molecule has 20 heavy (non-hydrogen) atoms. The lowest BCUT2D eigenvalue weighted by Gasteiger charge is -2.52. The summed E-state index contributed by atoms with van der Waals surface area (Å²) in [4.78, 5) is 0. The van der Waals surface area contributed by atoms with Crippen molar-refractivity contribution < 1.29 is 10.2 Å². The van der Waals surface area contributed by atoms with E-state index in [4.69, 9.17) is 0 Å². The fourth-order valence-corrected chi connectivity index (χ4v) is 4.62. The molecule has 1 fully saturated rings. The van der Waals surface area contributed by atoms with Gasteiger partial charge in [0.2, 0.25) is 0 Å². The first-order valence-corrected chi connectivity index (χ1v) is 7.51. The van der Waals surface area contributed by atoms with E-state index in [0.29, 0.717) is 0 Å². The van der Waals surface area contributed by atoms with Crippen molar-refractivity contribution >= 4 is 5.57 Å². The number of hydrogen-bond donors (Lipinski definition) is 2. The van der Waals surface area contributed by atoms with E-state index in [1.807, 2.05) is 24.3 Å². The first-order valence-electron chi connectivity index (χ1n) is 7.51. The Morgan fingerprint density at radius 3 is 2.35 bits per heavy atom. The predicted octanol–water partition coefficient (Wildman–Crippen LogP) is 3.25. The van der Waals surface area contributed by atoms with Gasteiger partial charge in [0.05, 0.1) is 12.2 Å². The number of aliphatic hydroxyl groups excluding tert-OH is 2. The van der Waals surface area contributed by atoms with Gasteiger partial charge in [0.15, 0.2) is 0 Å². The molecule has 0 radical (unpaired) electrons. The van der Waals surface area contributed by atoms with Gasteiger partial charge in [0.25, 0.3) is 0 Å². The Morgan fingerprint density at radius 2 is 1.70 bits per heavy atom. The Labute approximate surface area is 121 Å². The van der Waals surface area contributed by atoms with E-state index in [1.165, 1.54) is 0 Å². The Kier molecular flexibility index (Phi) is 3.07. The highest BCUT2D eigenvalue weighted by molar-refractivity contribution is 5.74. The van der Waals surface area contributed by atoms with Crippen LogP contribution in [0.1, 0.15) is 39.2 Å². The molecule has 2 aliphatic rings. The molecule has 0 aromatic heterocycles. The Hall–Kier alpha value is -1.12. The van der Waals surface area contributed by atoms with Gasteiger partial charge in [-0.1, -0.05) is 57.2 Å². The monoisotopic (exact) mass is 272 g/mol. The molecule has 0 heterocycles. The first-order chi connectivity index (χ1) is 9.37. The van der Waals surface area contributed by atoms with Crippen LogP contribution in [0.5, 0.6) is 0 Å². The molecule has 0 spiro atoms. The summed E-state index contributed by atoms with van der Waals surface area (Å²) in [5, 5.41) is 21.3. The van der Waals surface area contributed by atoms with Crippen LogP contribution < -0.4 is 0 Å². The molecule has 2 heteroatoms. The molecule has 1 saturated carbocycles. The molecule has 2 N–H and O–H groups in total. The minimum atomic E-state index is -0.472. The highest BCUT2D eigenvalue weighted by atomic mass is 16.3. The van der Waals surface area contributed by atoms with E-state index in [9.17, 15) is 10.2 Å². The van der Waals surface area contributed by atoms with Gasteiger partial charge in [0.1, 0.15) is 0 Å². The van der Waals surface area contributed by atoms with Crippen molar-refractivity contribution in [2.45, 2.75) is 45.8 Å². The summed E-state index contributed by atoms with van der Waals surface area (Å²) in [5.41, 5.74) is 1.91. The number of fused-ring (bicyclic) bond motifs is 1. The van der Waals surface area contributed by atoms with Crippen molar-refractivity contribution in [2.24, 2.45) is 16.7 Å². The van der Waals surface area contributed by atoms with Gasteiger partial charge in [-0.25, -0.2) is 0 Å². The number of hydrogen-bond acceptors (Lipinski definition) is 2. The summed E-state index contributed by atoms with van der Waals surface area (Å²) in [6.45, 7) is 6.55. The molecule has 2 aliphatic carbocycles. The summed E-state index contributed by atoms with van der Waals surface area (Å²) in [6.07, 6.45) is 2.87. The minimum absolute atomic E-state index is 0.0421. The summed E-state index contributed by atoms with van der Waals surface area (Å²) in [7, 11) is 0. The first kappa shape index (κ1) is 13.8. The van der Waals surface area contributed by atoms with Crippen LogP contribution in [0.25, 0.3) is 5.57 Å². The van der Waals surface area contributed by atoms with Gasteiger partial charge in [-0.15, -0.1) is 0 Å². The average molecular weight is 272 g/mol. The van der Waals surface area contributed by atoms with Gasteiger partial charge in [-0.05, 0) is 29.4 Å². The highest BCUT2D eigenvalue weighted by Gasteiger charge is 2.58. The van der Waals surface area contributed by atoms with Crippen molar-refractivity contribution in [1.82, 2.24) is 0 Å². The van der Waals surface area contributed by atoms with Crippen molar-refractivity contribution in [2.75, 3.05) is 0 Å². The Balaban J connectivity index is 2.11. The molecule has 0 bridgehead atoms. The maximum Gasteiger partial charge on any atom is 0.0769 e. The lowest BCUT2D eigenvalue weighted by atomic mass is 9.54. The van der Waals surface area contributed by atoms with Crippen LogP contribution in [-0.2, 0) is 0 Å². The largest absolute Gasteiger partial charge is 0.392 e. The third kappa shape index (κ3) is 1.78. The summed E-state index contributed by atoms with van der Waals surface area (Å²) in [6, 6.07) is 10.2. The predicted molar refractivity (Wildman–Crippen MR) is 81.0 cm³/mol. The van der Waals surface area contributed by atoms with Gasteiger partial charge in [-0.3, -0.25) is 0 Å². The topological polar surface area (TPSA) is 40.5 Å². The Morgan fingerprint density at radius 1 is 1.05 bits per heavy atom. The second kappa shape index (κ2) is 4.44. The van der Waals surface area contributed by atoms with E-state index < -0.39 is 6.10 Å². The van der Waals surface area contributed by atoms with Crippen LogP contribution in [-0.4, -0.2) is 22.4 Å². The second-order valence-electron chi connectivity index (χ2n) is 7.24. The van der Waals surface area contributed by atoms with Crippen LogP contribution in [0.15, 0.2) is 36.4 Å². The number of rotatable bonds is 1. The summed E-state index contributed by atoms with van der Waals surface area (Å²) < 4.78 is 0. The smallest absolute Gasteiger partial charge is 0.0769 e. The molecular weight excluding hydrogens is 248 g/mol. The zero-order valence-corrected chi connectivity index (χ0v) is 12.5. The lowest BCUT2D eigenvalue weighted by Crippen LogP contribution is -2.51. The molecule has 1 aromatic rings. The zero-order valence-electron chi connectivity index (χ0n) is 12.5. The fourth-order valence-electron chi connectivity index (χ4n) is 4.62. The van der Waals surface area contributed by atoms with Gasteiger partial charge in [0, 0.05) is 11.3 Å². The average Bonchev–Trinajstić information content (AvgIpc) is 2.70. The molecular formula is C18H24O2. The quantitative estimate of drug-likeness (QED) is 0.824. The van der Waals surface area contributed by atoms with Crippen molar-refractivity contribution in [3.05, 3.63) is 42.0 Å². The maximum atomic E-state index is 10.7. The lowest BCUT2D eigenvalue weighted by molar-refractivity contribution is -0.0918. The van der Waals surface area contributed by atoms with Crippen LogP contribution >= 0.6 is 0 Å². The van der Waals surface area contributed by atoms with Gasteiger partial charge < -0.3 is 10.2 Å². The van der Waals surface area contributed by atoms with E-state index in [1.54, 1.807) is 0 Å². The Bertz CT molecular complexity index is 532. The van der Waals surface area contributed by atoms with Crippen molar-refractivity contribution in [3.63, 3.8) is 0 Å². The van der Waals surface area contributed by atoms with Crippen LogP contribution in [0.4, 0.5) is 0 Å². The fraction of sp³-hybridized carbons (Fsp3) is 0.556. The van der Waals surface area contributed by atoms with Crippen molar-refractivity contribution in [3.8, 4) is 0 Å². The molecule has 2 nitrogen and oxygen atoms in total. The van der Waals surface area contributed by atoms with Crippen LogP contribution in [0.3, 0.4) is 0 Å². The van der Waals surface area contributed by atoms with Crippen LogP contribution in [0, 0.1) is 16.7 Å². The highest BCUT2D eigenvalue weighted by Crippen LogP contribution is 2.61. The SMILES string of the molecule is CC1(C)CC[C@@H](O)[C@@]2(C)C(c3ccccc3)=C[C@@H](O)[C@@H]12. The number of benzene rings is 1. The molecule has 1 aromatic carbocycles. The third-order valence-corrected chi connectivity index (χ3v) is 5.59. The summed E-state index contributed by atoms with van der Waals surface area (Å²) >= 11 is 0. The minimum Gasteiger partial charge on any atom is -0.392 e. The summed E-state index contributed by atoms with van der Waals surface area (Å²) in [5.74, 6) is 0.0777. The standard InChI is InChI=1S/C18H24O2/c1-17(2)10-9-15(20)18(3)13(11-14(19)16(17)18)12-7-5-4-6-8-12/h4-8,11,14-16,19-20H,9-10H2,1-3H3/t14-,15-,16+,18-/m1/s1. The van der Waals surface area contributed by atoms with E-state index in [-0.39, 0.29) is 22.9 Å². The third-order valence-electron chi connectivity index (χ3n) is 5.59. The zero-order chi connectivity index (χ0) is 14.5.